The second-order valence-corrected chi connectivity index (χ2v) is 7.25. The first-order valence-corrected chi connectivity index (χ1v) is 10.1. The Morgan fingerprint density at radius 3 is 2.30 bits per heavy atom. The van der Waals surface area contributed by atoms with Gasteiger partial charge < -0.3 is 29.3 Å². The number of anilines is 2. The molecule has 3 rings (SSSR count). The van der Waals surface area contributed by atoms with Crippen LogP contribution in [0.2, 0.25) is 10.0 Å². The van der Waals surface area contributed by atoms with E-state index in [9.17, 15) is 14.4 Å². The highest BCUT2D eigenvalue weighted by molar-refractivity contribution is 6.42. The number of benzene rings is 2. The number of furan rings is 1. The van der Waals surface area contributed by atoms with Crippen LogP contribution >= 0.6 is 23.2 Å². The van der Waals surface area contributed by atoms with Crippen LogP contribution in [0.25, 0.3) is 0 Å². The van der Waals surface area contributed by atoms with Gasteiger partial charge in [-0.15, -0.1) is 0 Å². The van der Waals surface area contributed by atoms with Crippen molar-refractivity contribution < 1.29 is 33.0 Å². The summed E-state index contributed by atoms with van der Waals surface area (Å²) in [5.41, 5.74) is 0.391. The van der Waals surface area contributed by atoms with Crippen molar-refractivity contribution in [1.82, 2.24) is 0 Å². The van der Waals surface area contributed by atoms with Crippen molar-refractivity contribution in [3.63, 3.8) is 0 Å². The van der Waals surface area contributed by atoms with Crippen LogP contribution < -0.4 is 20.1 Å². The topological polar surface area (TPSA) is 116 Å². The van der Waals surface area contributed by atoms with E-state index in [2.05, 4.69) is 10.6 Å². The van der Waals surface area contributed by atoms with Gasteiger partial charge in [0.25, 0.3) is 11.8 Å². The number of hydrogen-bond acceptors (Lipinski definition) is 7. The zero-order valence-electron chi connectivity index (χ0n) is 17.4. The van der Waals surface area contributed by atoms with Gasteiger partial charge in [0.2, 0.25) is 0 Å². The van der Waals surface area contributed by atoms with Crippen molar-refractivity contribution in [2.24, 2.45) is 0 Å². The molecular formula is C22H18Cl2N2O7. The number of nitrogens with one attached hydrogen (secondary N) is 2. The summed E-state index contributed by atoms with van der Waals surface area (Å²) >= 11 is 11.8. The molecule has 2 N–H and O–H groups in total. The molecule has 0 saturated heterocycles. The largest absolute Gasteiger partial charge is 0.493 e. The monoisotopic (exact) mass is 492 g/mol. The van der Waals surface area contributed by atoms with Gasteiger partial charge in [0.15, 0.2) is 23.9 Å². The maximum Gasteiger partial charge on any atom is 0.340 e. The van der Waals surface area contributed by atoms with Crippen molar-refractivity contribution in [3.05, 3.63) is 70.1 Å². The van der Waals surface area contributed by atoms with Crippen LogP contribution in [0.15, 0.2) is 53.1 Å². The summed E-state index contributed by atoms with van der Waals surface area (Å²) < 4.78 is 20.6. The summed E-state index contributed by atoms with van der Waals surface area (Å²) in [5, 5.41) is 5.69. The van der Waals surface area contributed by atoms with E-state index >= 15 is 0 Å². The van der Waals surface area contributed by atoms with Gasteiger partial charge in [-0.1, -0.05) is 23.2 Å². The van der Waals surface area contributed by atoms with Crippen LogP contribution in [0.5, 0.6) is 11.5 Å². The Bertz CT molecular complexity index is 1180. The quantitative estimate of drug-likeness (QED) is 0.439. The molecule has 1 aromatic heterocycles. The summed E-state index contributed by atoms with van der Waals surface area (Å²) in [6, 6.07) is 10.3. The number of ether oxygens (including phenoxy) is 3. The van der Waals surface area contributed by atoms with E-state index in [1.54, 1.807) is 12.1 Å². The van der Waals surface area contributed by atoms with Crippen molar-refractivity contribution in [2.75, 3.05) is 31.5 Å². The van der Waals surface area contributed by atoms with Crippen LogP contribution in [0.1, 0.15) is 20.9 Å². The molecule has 0 saturated carbocycles. The van der Waals surface area contributed by atoms with E-state index in [4.69, 9.17) is 41.8 Å². The van der Waals surface area contributed by atoms with Crippen molar-refractivity contribution in [1.29, 1.82) is 0 Å². The number of esters is 1. The number of methoxy groups -OCH3 is 2. The maximum absolute atomic E-state index is 12.7. The summed E-state index contributed by atoms with van der Waals surface area (Å²) in [5.74, 6) is -1.57. The predicted octanol–water partition coefficient (Wildman–Crippen LogP) is 4.65. The van der Waals surface area contributed by atoms with E-state index in [0.717, 1.165) is 0 Å². The predicted molar refractivity (Wildman–Crippen MR) is 122 cm³/mol. The fourth-order valence-corrected chi connectivity index (χ4v) is 3.02. The van der Waals surface area contributed by atoms with Crippen LogP contribution in [0.3, 0.4) is 0 Å². The highest BCUT2D eigenvalue weighted by Gasteiger charge is 2.22. The second-order valence-electron chi connectivity index (χ2n) is 6.44. The minimum atomic E-state index is -0.880. The van der Waals surface area contributed by atoms with Gasteiger partial charge in [-0.05, 0) is 30.3 Å². The Morgan fingerprint density at radius 1 is 0.939 bits per heavy atom. The Balaban J connectivity index is 1.76. The fourth-order valence-electron chi connectivity index (χ4n) is 2.72. The van der Waals surface area contributed by atoms with E-state index in [-0.39, 0.29) is 33.5 Å². The van der Waals surface area contributed by atoms with Crippen molar-refractivity contribution >= 4 is 52.4 Å². The highest BCUT2D eigenvalue weighted by Crippen LogP contribution is 2.34. The lowest BCUT2D eigenvalue weighted by Gasteiger charge is -2.15. The highest BCUT2D eigenvalue weighted by atomic mass is 35.5. The van der Waals surface area contributed by atoms with Gasteiger partial charge in [-0.2, -0.15) is 0 Å². The van der Waals surface area contributed by atoms with E-state index in [1.807, 2.05) is 0 Å². The van der Waals surface area contributed by atoms with Crippen LogP contribution in [-0.2, 0) is 9.53 Å². The number of halogens is 2. The zero-order chi connectivity index (χ0) is 24.0. The average molecular weight is 493 g/mol. The van der Waals surface area contributed by atoms with Crippen molar-refractivity contribution in [2.45, 2.75) is 0 Å². The van der Waals surface area contributed by atoms with Gasteiger partial charge in [-0.25, -0.2) is 4.79 Å². The molecule has 0 radical (unpaired) electrons. The Hall–Kier alpha value is -3.69. The molecule has 0 fully saturated rings. The molecule has 0 aliphatic rings. The van der Waals surface area contributed by atoms with Crippen LogP contribution in [0, 0.1) is 0 Å². The summed E-state index contributed by atoms with van der Waals surface area (Å²) in [7, 11) is 2.79. The van der Waals surface area contributed by atoms with E-state index in [0.29, 0.717) is 10.7 Å². The molecule has 2 aromatic carbocycles. The first-order chi connectivity index (χ1) is 15.8. The lowest BCUT2D eigenvalue weighted by atomic mass is 10.1. The molecule has 0 aliphatic carbocycles. The lowest BCUT2D eigenvalue weighted by Crippen LogP contribution is -2.22. The average Bonchev–Trinajstić information content (AvgIpc) is 3.35. The van der Waals surface area contributed by atoms with Gasteiger partial charge in [-0.3, -0.25) is 9.59 Å². The minimum absolute atomic E-state index is 0.0325. The number of hydrogen-bond donors (Lipinski definition) is 2. The third-order valence-corrected chi connectivity index (χ3v) is 5.01. The number of carbonyl (C=O) groups excluding carboxylic acids is 3. The molecule has 0 bridgehead atoms. The summed E-state index contributed by atoms with van der Waals surface area (Å²) in [4.78, 5) is 37.4. The first-order valence-electron chi connectivity index (χ1n) is 9.35. The first kappa shape index (κ1) is 24.0. The smallest absolute Gasteiger partial charge is 0.340 e. The molecule has 172 valence electrons. The zero-order valence-corrected chi connectivity index (χ0v) is 19.0. The third-order valence-electron chi connectivity index (χ3n) is 4.27. The Kier molecular flexibility index (Phi) is 7.81. The Labute approximate surface area is 198 Å². The van der Waals surface area contributed by atoms with Gasteiger partial charge in [0.05, 0.1) is 41.8 Å². The molecule has 2 amide bonds. The number of amides is 2. The lowest BCUT2D eigenvalue weighted by molar-refractivity contribution is -0.119. The molecule has 11 heteroatoms. The molecule has 0 unspecified atom stereocenters. The standard InChI is InChI=1S/C22H18Cl2N2O7/c1-30-18-9-13(16(10-19(18)31-2)26-21(28)17-4-3-7-32-17)22(29)33-11-20(27)25-12-5-6-14(23)15(24)8-12/h3-10H,11H2,1-2H3,(H,25,27)(H,26,28). The normalized spacial score (nSPS) is 10.3. The number of rotatable bonds is 8. The van der Waals surface area contributed by atoms with Crippen molar-refractivity contribution in [3.8, 4) is 11.5 Å². The van der Waals surface area contributed by atoms with E-state index in [1.165, 1.54) is 50.8 Å². The number of carbonyl (C=O) groups is 3. The second kappa shape index (κ2) is 10.8. The van der Waals surface area contributed by atoms with Crippen LogP contribution in [-0.4, -0.2) is 38.6 Å². The van der Waals surface area contributed by atoms with Gasteiger partial charge in [0, 0.05) is 17.8 Å². The molecule has 0 spiro atoms. The molecule has 0 aliphatic heterocycles. The molecular weight excluding hydrogens is 475 g/mol. The molecule has 0 atom stereocenters. The maximum atomic E-state index is 12.7. The third kappa shape index (κ3) is 5.97. The summed E-state index contributed by atoms with van der Waals surface area (Å²) in [6.07, 6.45) is 1.34. The molecule has 9 nitrogen and oxygen atoms in total. The van der Waals surface area contributed by atoms with Gasteiger partial charge >= 0.3 is 5.97 Å². The minimum Gasteiger partial charge on any atom is -0.493 e. The van der Waals surface area contributed by atoms with Crippen LogP contribution in [0.4, 0.5) is 11.4 Å². The van der Waals surface area contributed by atoms with Gasteiger partial charge in [0.1, 0.15) is 0 Å². The summed E-state index contributed by atoms with van der Waals surface area (Å²) in [6.45, 7) is -0.598. The fraction of sp³-hybridized carbons (Fsp3) is 0.136. The SMILES string of the molecule is COc1cc(NC(=O)c2ccco2)c(C(=O)OCC(=O)Nc2ccc(Cl)c(Cl)c2)cc1OC. The van der Waals surface area contributed by atoms with E-state index < -0.39 is 24.4 Å². The molecule has 3 aromatic rings. The molecule has 33 heavy (non-hydrogen) atoms. The Morgan fingerprint density at radius 2 is 1.67 bits per heavy atom. The molecule has 1 heterocycles.